The number of nitrogens with zero attached hydrogens (tertiary/aromatic N) is 5. The van der Waals surface area contributed by atoms with E-state index >= 15 is 0 Å². The number of aryl methyl sites for hydroxylation is 1. The highest BCUT2D eigenvalue weighted by atomic mass is 35.5. The van der Waals surface area contributed by atoms with E-state index < -0.39 is 0 Å². The van der Waals surface area contributed by atoms with Gasteiger partial charge < -0.3 is 15.0 Å². The minimum atomic E-state index is -0.202. The highest BCUT2D eigenvalue weighted by Crippen LogP contribution is 2.30. The summed E-state index contributed by atoms with van der Waals surface area (Å²) in [5.74, 6) is 1.15. The number of fused-ring (bicyclic) bond motifs is 1. The zero-order valence-electron chi connectivity index (χ0n) is 15.5. The molecule has 1 aromatic carbocycles. The van der Waals surface area contributed by atoms with Gasteiger partial charge >= 0.3 is 0 Å². The molecule has 150 valence electrons. The maximum absolute atomic E-state index is 13.2. The van der Waals surface area contributed by atoms with Crippen LogP contribution in [0.2, 0.25) is 0 Å². The van der Waals surface area contributed by atoms with Gasteiger partial charge in [-0.2, -0.15) is 4.98 Å². The van der Waals surface area contributed by atoms with Gasteiger partial charge in [-0.3, -0.25) is 4.79 Å². The number of hydrogen-bond donors (Lipinski definition) is 1. The quantitative estimate of drug-likeness (QED) is 0.692. The van der Waals surface area contributed by atoms with E-state index in [1.165, 1.54) is 0 Å². The Labute approximate surface area is 175 Å². The number of carbonyl (C=O) groups is 1. The lowest BCUT2D eigenvalue weighted by Gasteiger charge is -2.36. The topological polar surface area (TPSA) is 84.6 Å². The third-order valence-corrected chi connectivity index (χ3v) is 4.62. The molecule has 0 saturated carbocycles. The fraction of sp³-hybridized carbons (Fsp3) is 0.333. The van der Waals surface area contributed by atoms with Crippen molar-refractivity contribution in [2.75, 3.05) is 26.7 Å². The normalized spacial score (nSPS) is 16.2. The standard InChI is InChI=1S/C18H20N6O2.2ClH/c1-12-7-8-20-18-21-16(22-24(12)18)17(25)23-10-9-19-11-14(23)13-5-3-4-6-15(13)26-2;;/h3-8,14,19H,9-11H2,1-2H3;2*1H. The lowest BCUT2D eigenvalue weighted by molar-refractivity contribution is 0.0619. The molecule has 2 aromatic heterocycles. The Bertz CT molecular complexity index is 964. The van der Waals surface area contributed by atoms with Gasteiger partial charge in [0.05, 0.1) is 13.2 Å². The first kappa shape index (κ1) is 21.9. The van der Waals surface area contributed by atoms with Crippen molar-refractivity contribution in [1.82, 2.24) is 29.8 Å². The molecule has 0 radical (unpaired) electrons. The molecule has 4 rings (SSSR count). The molecule has 3 heterocycles. The van der Waals surface area contributed by atoms with Crippen molar-refractivity contribution in [2.45, 2.75) is 13.0 Å². The van der Waals surface area contributed by atoms with Crippen molar-refractivity contribution >= 4 is 36.5 Å². The first-order valence-electron chi connectivity index (χ1n) is 8.52. The Morgan fingerprint density at radius 1 is 1.25 bits per heavy atom. The summed E-state index contributed by atoms with van der Waals surface area (Å²) in [7, 11) is 1.64. The van der Waals surface area contributed by atoms with Crippen LogP contribution in [0, 0.1) is 6.92 Å². The van der Waals surface area contributed by atoms with Gasteiger partial charge in [0.2, 0.25) is 5.82 Å². The van der Waals surface area contributed by atoms with E-state index in [9.17, 15) is 4.79 Å². The third-order valence-electron chi connectivity index (χ3n) is 4.62. The van der Waals surface area contributed by atoms with Crippen molar-refractivity contribution in [3.8, 4) is 5.75 Å². The van der Waals surface area contributed by atoms with Gasteiger partial charge in [0.1, 0.15) is 5.75 Å². The molecule has 3 aromatic rings. The van der Waals surface area contributed by atoms with Gasteiger partial charge in [0.25, 0.3) is 11.7 Å². The molecule has 1 unspecified atom stereocenters. The van der Waals surface area contributed by atoms with E-state index in [1.54, 1.807) is 22.7 Å². The number of nitrogens with one attached hydrogen (secondary N) is 1. The van der Waals surface area contributed by atoms with E-state index in [2.05, 4.69) is 20.4 Å². The molecule has 10 heteroatoms. The average molecular weight is 425 g/mol. The predicted octanol–water partition coefficient (Wildman–Crippen LogP) is 2.07. The molecule has 1 N–H and O–H groups in total. The number of rotatable bonds is 3. The van der Waals surface area contributed by atoms with Crippen LogP contribution in [0.25, 0.3) is 5.78 Å². The van der Waals surface area contributed by atoms with Crippen LogP contribution in [0.3, 0.4) is 0 Å². The average Bonchev–Trinajstić information content (AvgIpc) is 3.13. The number of ether oxygens (including phenoxy) is 1. The molecule has 1 aliphatic heterocycles. The van der Waals surface area contributed by atoms with Crippen LogP contribution in [0.15, 0.2) is 36.5 Å². The number of benzene rings is 1. The van der Waals surface area contributed by atoms with Gasteiger partial charge in [-0.25, -0.2) is 9.50 Å². The highest BCUT2D eigenvalue weighted by Gasteiger charge is 2.32. The number of aromatic nitrogens is 4. The first-order valence-corrected chi connectivity index (χ1v) is 8.52. The minimum Gasteiger partial charge on any atom is -0.496 e. The molecule has 0 aliphatic carbocycles. The summed E-state index contributed by atoms with van der Waals surface area (Å²) in [6.07, 6.45) is 1.66. The van der Waals surface area contributed by atoms with E-state index in [1.807, 2.05) is 37.3 Å². The van der Waals surface area contributed by atoms with Crippen LogP contribution in [0.4, 0.5) is 0 Å². The predicted molar refractivity (Wildman–Crippen MR) is 110 cm³/mol. The Kier molecular flexibility index (Phi) is 7.17. The second-order valence-electron chi connectivity index (χ2n) is 6.19. The molecule has 1 aliphatic rings. The molecule has 8 nitrogen and oxygen atoms in total. The summed E-state index contributed by atoms with van der Waals surface area (Å²) in [4.78, 5) is 23.5. The van der Waals surface area contributed by atoms with Crippen LogP contribution < -0.4 is 10.1 Å². The summed E-state index contributed by atoms with van der Waals surface area (Å²) in [5, 5.41) is 7.71. The number of amides is 1. The van der Waals surface area contributed by atoms with E-state index in [4.69, 9.17) is 4.74 Å². The molecular weight excluding hydrogens is 403 g/mol. The number of halogens is 2. The molecule has 1 saturated heterocycles. The summed E-state index contributed by atoms with van der Waals surface area (Å²) >= 11 is 0. The molecule has 1 atom stereocenters. The van der Waals surface area contributed by atoms with Crippen LogP contribution >= 0.6 is 24.8 Å². The summed E-state index contributed by atoms with van der Waals surface area (Å²) < 4.78 is 7.08. The van der Waals surface area contributed by atoms with E-state index in [0.29, 0.717) is 18.9 Å². The molecule has 1 fully saturated rings. The van der Waals surface area contributed by atoms with Crippen molar-refractivity contribution in [3.05, 3.63) is 53.6 Å². The number of methoxy groups -OCH3 is 1. The first-order chi connectivity index (χ1) is 12.7. The zero-order valence-corrected chi connectivity index (χ0v) is 17.2. The molecular formula is C18H22Cl2N6O2. The van der Waals surface area contributed by atoms with Crippen LogP contribution in [0.5, 0.6) is 5.75 Å². The highest BCUT2D eigenvalue weighted by molar-refractivity contribution is 5.91. The van der Waals surface area contributed by atoms with E-state index in [0.717, 1.165) is 23.6 Å². The molecule has 0 bridgehead atoms. The minimum absolute atomic E-state index is 0. The number of piperazine rings is 1. The lowest BCUT2D eigenvalue weighted by atomic mass is 10.0. The second kappa shape index (κ2) is 9.18. The third kappa shape index (κ3) is 3.89. The van der Waals surface area contributed by atoms with Crippen LogP contribution in [0.1, 0.15) is 27.9 Å². The van der Waals surface area contributed by atoms with Gasteiger partial charge in [-0.05, 0) is 19.1 Å². The smallest absolute Gasteiger partial charge is 0.294 e. The Balaban J connectivity index is 0.00000140. The number of hydrogen-bond acceptors (Lipinski definition) is 6. The van der Waals surface area contributed by atoms with Gasteiger partial charge in [0, 0.05) is 37.1 Å². The fourth-order valence-electron chi connectivity index (χ4n) is 3.29. The SMILES string of the molecule is COc1ccccc1C1CNCCN1C(=O)c1nc2nccc(C)n2n1.Cl.Cl. The largest absolute Gasteiger partial charge is 0.496 e. The van der Waals surface area contributed by atoms with Crippen LogP contribution in [-0.4, -0.2) is 57.1 Å². The molecule has 28 heavy (non-hydrogen) atoms. The number of carbonyl (C=O) groups excluding carboxylic acids is 1. The Morgan fingerprint density at radius 3 is 2.79 bits per heavy atom. The van der Waals surface area contributed by atoms with Gasteiger partial charge in [0.15, 0.2) is 0 Å². The van der Waals surface area contributed by atoms with Crippen molar-refractivity contribution < 1.29 is 9.53 Å². The maximum atomic E-state index is 13.2. The number of para-hydroxylation sites is 1. The van der Waals surface area contributed by atoms with Crippen molar-refractivity contribution in [1.29, 1.82) is 0 Å². The maximum Gasteiger partial charge on any atom is 0.294 e. The molecule has 1 amide bonds. The molecule has 0 spiro atoms. The zero-order chi connectivity index (χ0) is 18.1. The van der Waals surface area contributed by atoms with Crippen molar-refractivity contribution in [3.63, 3.8) is 0 Å². The summed E-state index contributed by atoms with van der Waals surface area (Å²) in [5.41, 5.74) is 1.84. The van der Waals surface area contributed by atoms with Gasteiger partial charge in [-0.1, -0.05) is 18.2 Å². The van der Waals surface area contributed by atoms with Gasteiger partial charge in [-0.15, -0.1) is 29.9 Å². The second-order valence-corrected chi connectivity index (χ2v) is 6.19. The summed E-state index contributed by atoms with van der Waals surface area (Å²) in [6, 6.07) is 9.45. The Morgan fingerprint density at radius 2 is 2.04 bits per heavy atom. The lowest BCUT2D eigenvalue weighted by Crippen LogP contribution is -2.49. The van der Waals surface area contributed by atoms with E-state index in [-0.39, 0.29) is 42.6 Å². The Hall–Kier alpha value is -2.42. The summed E-state index contributed by atoms with van der Waals surface area (Å²) in [6.45, 7) is 3.85. The fourth-order valence-corrected chi connectivity index (χ4v) is 3.29. The van der Waals surface area contributed by atoms with Crippen LogP contribution in [-0.2, 0) is 0 Å². The van der Waals surface area contributed by atoms with Crippen molar-refractivity contribution in [2.24, 2.45) is 0 Å². The monoisotopic (exact) mass is 424 g/mol.